The van der Waals surface area contributed by atoms with Crippen LogP contribution in [0.2, 0.25) is 0 Å². The van der Waals surface area contributed by atoms with Gasteiger partial charge in [-0.2, -0.15) is 0 Å². The van der Waals surface area contributed by atoms with E-state index in [9.17, 15) is 0 Å². The molecule has 0 bridgehead atoms. The molecule has 0 fully saturated rings. The molecule has 0 aromatic rings. The first-order valence-corrected chi connectivity index (χ1v) is 4.92. The van der Waals surface area contributed by atoms with Gasteiger partial charge in [0.25, 0.3) is 0 Å². The zero-order chi connectivity index (χ0) is 13.5. The molecular weight excluding hydrogens is 605 g/mol. The van der Waals surface area contributed by atoms with E-state index in [1.165, 1.54) is 0 Å². The molecule has 0 amide bonds. The molecule has 0 saturated heterocycles. The molecule has 0 spiro atoms. The van der Waals surface area contributed by atoms with Gasteiger partial charge in [0.15, 0.2) is 0 Å². The minimum absolute atomic E-state index is 0. The number of nitrogens with zero attached hydrogens (tertiary/aromatic N) is 4. The average molecular weight is 631 g/mol. The summed E-state index contributed by atoms with van der Waals surface area (Å²) in [5, 5.41) is 17.9. The summed E-state index contributed by atoms with van der Waals surface area (Å²) in [4.78, 5) is 3.28. The Kier molecular flexibility index (Phi) is 75.6. The first-order chi connectivity index (χ1) is 7.11. The van der Waals surface area contributed by atoms with Crippen LogP contribution in [0.4, 0.5) is 0 Å². The van der Waals surface area contributed by atoms with Gasteiger partial charge in [0.1, 0.15) is 0 Å². The number of aliphatic hydroxyl groups excluding tert-OH is 2. The first-order valence-electron chi connectivity index (χ1n) is 4.92. The number of aliphatic hydroxyl groups is 2. The fraction of sp³-hybridized carbons (Fsp3) is 0.800. The van der Waals surface area contributed by atoms with Crippen molar-refractivity contribution < 1.29 is 115 Å². The van der Waals surface area contributed by atoms with Gasteiger partial charge in [-0.3, -0.25) is 0 Å². The Labute approximate surface area is 192 Å². The Hall–Kier alpha value is 0.968. The van der Waals surface area contributed by atoms with Crippen molar-refractivity contribution in [2.24, 2.45) is 0 Å². The topological polar surface area (TPSA) is 53.0 Å². The molecule has 2 N–H and O–H groups in total. The second kappa shape index (κ2) is 30.8. The van der Waals surface area contributed by atoms with Crippen molar-refractivity contribution in [3.05, 3.63) is 0 Å². The molecule has 0 radical (unpaired) electrons. The maximum Gasteiger partial charge on any atom is 0.442 e. The van der Waals surface area contributed by atoms with Crippen molar-refractivity contribution in [1.82, 2.24) is 9.80 Å². The van der Waals surface area contributed by atoms with E-state index in [2.05, 4.69) is 0 Å². The standard InChI is InChI=1S/2C5H12N2O.6ClH.W/c2*1-6(2)5(8)7(3)4;;;;;;;/h2*1-4H3;6*1H;/p-4. The second-order valence-corrected chi connectivity index (χ2v) is 4.18. The Morgan fingerprint density at radius 3 is 0.696 bits per heavy atom. The normalized spacial score (nSPS) is 5.91. The summed E-state index contributed by atoms with van der Waals surface area (Å²) < 4.78 is 3.28. The third-order valence-corrected chi connectivity index (χ3v) is 1.60. The molecular formula is C10H26Cl6N4O2W-4. The zero-order valence-electron chi connectivity index (χ0n) is 14.4. The predicted molar refractivity (Wildman–Crippen MR) is 66.9 cm³/mol. The van der Waals surface area contributed by atoms with E-state index in [4.69, 9.17) is 10.2 Å². The van der Waals surface area contributed by atoms with E-state index < -0.39 is 0 Å². The van der Waals surface area contributed by atoms with Gasteiger partial charge in [-0.25, -0.2) is 19.0 Å². The molecule has 0 rings (SSSR count). The molecule has 0 aliphatic heterocycles. The van der Waals surface area contributed by atoms with Crippen molar-refractivity contribution in [2.45, 2.75) is 0 Å². The van der Waals surface area contributed by atoms with Gasteiger partial charge in [-0.05, 0) is 0 Å². The van der Waals surface area contributed by atoms with Crippen molar-refractivity contribution in [2.75, 3.05) is 56.4 Å². The predicted octanol–water partition coefficient (Wildman–Crippen LogP) is -18.5. The van der Waals surface area contributed by atoms with Crippen LogP contribution in [0.5, 0.6) is 0 Å². The van der Waals surface area contributed by atoms with E-state index in [0.29, 0.717) is 0 Å². The van der Waals surface area contributed by atoms with Gasteiger partial charge in [-0.1, -0.05) is 0 Å². The van der Waals surface area contributed by atoms with Crippen LogP contribution in [0.15, 0.2) is 0 Å². The van der Waals surface area contributed by atoms with Crippen molar-refractivity contribution in [3.63, 3.8) is 0 Å². The Balaban J connectivity index is -0.0000000187. The third-order valence-electron chi connectivity index (χ3n) is 1.60. The molecule has 0 saturated carbocycles. The van der Waals surface area contributed by atoms with Crippen LogP contribution in [0.1, 0.15) is 0 Å². The number of hydrogen-bond donors (Lipinski definition) is 2. The fourth-order valence-corrected chi connectivity index (χ4v) is 0.800. The second-order valence-electron chi connectivity index (χ2n) is 4.18. The van der Waals surface area contributed by atoms with E-state index in [1.807, 2.05) is 0 Å². The van der Waals surface area contributed by atoms with Crippen molar-refractivity contribution in [1.29, 1.82) is 0 Å². The summed E-state index contributed by atoms with van der Waals surface area (Å²) in [5.74, 6) is 0. The quantitative estimate of drug-likeness (QED) is 0.159. The summed E-state index contributed by atoms with van der Waals surface area (Å²) in [6.07, 6.45) is 0. The Morgan fingerprint density at radius 1 is 0.565 bits per heavy atom. The summed E-state index contributed by atoms with van der Waals surface area (Å²) in [5.41, 5.74) is 0. The molecule has 0 aromatic heterocycles. The molecule has 6 nitrogen and oxygen atoms in total. The minimum Gasteiger partial charge on any atom is -1.00 e. The van der Waals surface area contributed by atoms with E-state index in [0.717, 1.165) is 0 Å². The van der Waals surface area contributed by atoms with Gasteiger partial charge in [-0.15, -0.1) is 0 Å². The van der Waals surface area contributed by atoms with Crippen LogP contribution in [-0.4, -0.2) is 97.6 Å². The maximum atomic E-state index is 8.97. The Bertz CT molecular complexity index is 259. The zero-order valence-corrected chi connectivity index (χ0v) is 21.8. The Morgan fingerprint density at radius 2 is 0.696 bits per heavy atom. The molecule has 0 aliphatic rings. The summed E-state index contributed by atoms with van der Waals surface area (Å²) in [6, 6.07) is 0.537. The largest absolute Gasteiger partial charge is 1.00 e. The van der Waals surface area contributed by atoms with E-state index in [1.54, 1.807) is 75.3 Å². The summed E-state index contributed by atoms with van der Waals surface area (Å²) in [6.45, 7) is 0. The van der Waals surface area contributed by atoms with Gasteiger partial charge in [0.2, 0.25) is 0 Å². The molecule has 0 aromatic carbocycles. The number of rotatable bonds is 0. The molecule has 0 unspecified atom stereocenters. The molecule has 0 heterocycles. The number of hydrogen-bond acceptors (Lipinski definition) is 0. The molecule has 13 heteroatoms. The average Bonchev–Trinajstić information content (AvgIpc) is 2.15. The van der Waals surface area contributed by atoms with Crippen LogP contribution in [0, 0.1) is 0 Å². The maximum absolute atomic E-state index is 8.97. The van der Waals surface area contributed by atoms with E-state index in [-0.39, 0.29) is 108 Å². The summed E-state index contributed by atoms with van der Waals surface area (Å²) in [7, 11) is 14.3. The van der Waals surface area contributed by atoms with Gasteiger partial charge in [0.05, 0.1) is 56.4 Å². The van der Waals surface area contributed by atoms with Gasteiger partial charge >= 0.3 is 12.0 Å². The fourth-order valence-electron chi connectivity index (χ4n) is 0.800. The van der Waals surface area contributed by atoms with E-state index >= 15 is 0 Å². The van der Waals surface area contributed by atoms with Crippen LogP contribution in [0.25, 0.3) is 0 Å². The first kappa shape index (κ1) is 56.4. The molecule has 0 atom stereocenters. The summed E-state index contributed by atoms with van der Waals surface area (Å²) >= 11 is 0. The third kappa shape index (κ3) is 35.1. The van der Waals surface area contributed by atoms with Gasteiger partial charge < -0.3 is 84.7 Å². The minimum atomic E-state index is 0. The van der Waals surface area contributed by atoms with Gasteiger partial charge in [0, 0.05) is 21.1 Å². The van der Waals surface area contributed by atoms with Crippen molar-refractivity contribution in [3.8, 4) is 0 Å². The SMILES string of the molecule is CN(C)C(O)=[N+](C)C.CN(C)C(O)=[N+](C)C.[Cl-].[Cl-].[Cl-].[Cl-].[Cl-].[Cl-].[W]. The molecule has 23 heavy (non-hydrogen) atoms. The van der Waals surface area contributed by atoms with Crippen LogP contribution >= 0.6 is 0 Å². The number of amidine groups is 2. The van der Waals surface area contributed by atoms with Crippen LogP contribution in [0.3, 0.4) is 0 Å². The molecule has 0 aliphatic carbocycles. The smallest absolute Gasteiger partial charge is 0.442 e. The molecule has 150 valence electrons. The van der Waals surface area contributed by atoms with Crippen LogP contribution in [-0.2, 0) is 21.1 Å². The number of halogens is 6. The van der Waals surface area contributed by atoms with Crippen LogP contribution < -0.4 is 74.4 Å². The van der Waals surface area contributed by atoms with Crippen molar-refractivity contribution >= 4 is 12.0 Å². The monoisotopic (exact) mass is 628 g/mol.